The van der Waals surface area contributed by atoms with Crippen LogP contribution >= 0.6 is 0 Å². The first-order chi connectivity index (χ1) is 7.27. The van der Waals surface area contributed by atoms with Gasteiger partial charge in [-0.15, -0.1) is 11.8 Å². The molecule has 1 aromatic rings. The predicted octanol–water partition coefficient (Wildman–Crippen LogP) is 3.09. The molecule has 1 N–H and O–H groups in total. The molecule has 0 aliphatic heterocycles. The van der Waals surface area contributed by atoms with Crippen LogP contribution < -0.4 is 0 Å². The molecule has 1 rings (SSSR count). The molecule has 0 spiro atoms. The van der Waals surface area contributed by atoms with E-state index in [4.69, 9.17) is 0 Å². The molecule has 0 aromatic heterocycles. The normalized spacial score (nSPS) is 11.7. The Bertz CT molecular complexity index is 340. The molecule has 0 amide bonds. The second-order valence-electron chi connectivity index (χ2n) is 3.58. The first-order valence-electron chi connectivity index (χ1n) is 5.44. The highest BCUT2D eigenvalue weighted by Crippen LogP contribution is 2.18. The molecule has 1 atom stereocenters. The van der Waals surface area contributed by atoms with E-state index in [2.05, 4.69) is 30.9 Å². The fourth-order valence-electron chi connectivity index (χ4n) is 1.48. The first-order valence-corrected chi connectivity index (χ1v) is 5.44. The van der Waals surface area contributed by atoms with Gasteiger partial charge in [0.05, 0.1) is 6.10 Å². The second-order valence-corrected chi connectivity index (χ2v) is 3.58. The van der Waals surface area contributed by atoms with E-state index in [1.165, 1.54) is 5.56 Å². The lowest BCUT2D eigenvalue weighted by molar-refractivity contribution is 0.169. The molecule has 15 heavy (non-hydrogen) atoms. The molecule has 80 valence electrons. The molecule has 0 radical (unpaired) electrons. The van der Waals surface area contributed by atoms with Crippen LogP contribution in [0.2, 0.25) is 0 Å². The van der Waals surface area contributed by atoms with Crippen LogP contribution in [0.25, 0.3) is 0 Å². The smallest absolute Gasteiger partial charge is 0.0799 e. The Morgan fingerprint density at radius 2 is 1.93 bits per heavy atom. The summed E-state index contributed by atoms with van der Waals surface area (Å²) in [7, 11) is 0. The number of aryl methyl sites for hydroxylation is 1. The lowest BCUT2D eigenvalue weighted by Crippen LogP contribution is -1.96. The highest BCUT2D eigenvalue weighted by molar-refractivity contribution is 5.24. The average molecular weight is 202 g/mol. The summed E-state index contributed by atoms with van der Waals surface area (Å²) in [5.41, 5.74) is 2.30. The van der Waals surface area contributed by atoms with Crippen LogP contribution in [0, 0.1) is 11.8 Å². The van der Waals surface area contributed by atoms with Crippen molar-refractivity contribution in [2.45, 2.75) is 39.2 Å². The van der Waals surface area contributed by atoms with Crippen LogP contribution in [0.3, 0.4) is 0 Å². The number of rotatable bonds is 4. The van der Waals surface area contributed by atoms with Gasteiger partial charge in [0.15, 0.2) is 0 Å². The Morgan fingerprint density at radius 3 is 2.47 bits per heavy atom. The Balaban J connectivity index is 2.56. The highest BCUT2D eigenvalue weighted by atomic mass is 16.3. The van der Waals surface area contributed by atoms with Crippen molar-refractivity contribution in [1.82, 2.24) is 0 Å². The zero-order valence-electron chi connectivity index (χ0n) is 9.46. The van der Waals surface area contributed by atoms with E-state index in [0.717, 1.165) is 18.4 Å². The molecule has 0 bridgehead atoms. The maximum absolute atomic E-state index is 9.84. The third-order valence-electron chi connectivity index (χ3n) is 2.49. The standard InChI is InChI=1S/C14H18O/c1-3-5-6-7-14(15)13-10-8-12(4-2)9-11-13/h8-11,14-15H,4,6-7H2,1-2H3. The molecular formula is C14H18O. The summed E-state index contributed by atoms with van der Waals surface area (Å²) in [6.45, 7) is 3.95. The summed E-state index contributed by atoms with van der Waals surface area (Å²) in [5, 5.41) is 9.84. The molecule has 0 saturated heterocycles. The fourth-order valence-corrected chi connectivity index (χ4v) is 1.48. The van der Waals surface area contributed by atoms with Crippen LogP contribution in [0.15, 0.2) is 24.3 Å². The Kier molecular flexibility index (Phi) is 4.93. The minimum absolute atomic E-state index is 0.378. The van der Waals surface area contributed by atoms with Crippen LogP contribution in [0.4, 0.5) is 0 Å². The molecular weight excluding hydrogens is 184 g/mol. The fraction of sp³-hybridized carbons (Fsp3) is 0.429. The van der Waals surface area contributed by atoms with E-state index in [9.17, 15) is 5.11 Å². The summed E-state index contributed by atoms with van der Waals surface area (Å²) < 4.78 is 0. The summed E-state index contributed by atoms with van der Waals surface area (Å²) in [6.07, 6.45) is 2.13. The second kappa shape index (κ2) is 6.27. The van der Waals surface area contributed by atoms with Gasteiger partial charge >= 0.3 is 0 Å². The number of aliphatic hydroxyl groups excluding tert-OH is 1. The number of benzene rings is 1. The quantitative estimate of drug-likeness (QED) is 0.744. The largest absolute Gasteiger partial charge is 0.388 e. The zero-order chi connectivity index (χ0) is 11.1. The van der Waals surface area contributed by atoms with Gasteiger partial charge < -0.3 is 5.11 Å². The van der Waals surface area contributed by atoms with Gasteiger partial charge in [0.25, 0.3) is 0 Å². The lowest BCUT2D eigenvalue weighted by atomic mass is 10.0. The number of aliphatic hydroxyl groups is 1. The summed E-state index contributed by atoms with van der Waals surface area (Å²) >= 11 is 0. The summed E-state index contributed by atoms with van der Waals surface area (Å²) in [6, 6.07) is 8.15. The summed E-state index contributed by atoms with van der Waals surface area (Å²) in [5.74, 6) is 5.79. The van der Waals surface area contributed by atoms with Crippen molar-refractivity contribution < 1.29 is 5.11 Å². The number of hydrogen-bond acceptors (Lipinski definition) is 1. The molecule has 0 saturated carbocycles. The van der Waals surface area contributed by atoms with Crippen molar-refractivity contribution in [3.8, 4) is 11.8 Å². The van der Waals surface area contributed by atoms with Gasteiger partial charge in [0.1, 0.15) is 0 Å². The van der Waals surface area contributed by atoms with E-state index in [-0.39, 0.29) is 6.10 Å². The minimum Gasteiger partial charge on any atom is -0.388 e. The van der Waals surface area contributed by atoms with Crippen molar-refractivity contribution in [3.05, 3.63) is 35.4 Å². The molecule has 0 fully saturated rings. The lowest BCUT2D eigenvalue weighted by Gasteiger charge is -2.09. The first kappa shape index (κ1) is 11.8. The van der Waals surface area contributed by atoms with Gasteiger partial charge in [-0.3, -0.25) is 0 Å². The van der Waals surface area contributed by atoms with Gasteiger partial charge in [0.2, 0.25) is 0 Å². The van der Waals surface area contributed by atoms with Gasteiger partial charge in [-0.2, -0.15) is 0 Å². The third-order valence-corrected chi connectivity index (χ3v) is 2.49. The minimum atomic E-state index is -0.378. The Hall–Kier alpha value is -1.26. The molecule has 0 heterocycles. The third kappa shape index (κ3) is 3.77. The molecule has 1 aromatic carbocycles. The summed E-state index contributed by atoms with van der Waals surface area (Å²) in [4.78, 5) is 0. The van der Waals surface area contributed by atoms with Gasteiger partial charge in [-0.25, -0.2) is 0 Å². The SMILES string of the molecule is CC#CCCC(O)c1ccc(CC)cc1. The van der Waals surface area contributed by atoms with Crippen molar-refractivity contribution >= 4 is 0 Å². The monoisotopic (exact) mass is 202 g/mol. The Morgan fingerprint density at radius 1 is 1.27 bits per heavy atom. The zero-order valence-corrected chi connectivity index (χ0v) is 9.46. The molecule has 1 heteroatoms. The van der Waals surface area contributed by atoms with Crippen molar-refractivity contribution in [1.29, 1.82) is 0 Å². The van der Waals surface area contributed by atoms with E-state index >= 15 is 0 Å². The van der Waals surface area contributed by atoms with Gasteiger partial charge in [0, 0.05) is 6.42 Å². The van der Waals surface area contributed by atoms with Crippen molar-refractivity contribution in [2.24, 2.45) is 0 Å². The van der Waals surface area contributed by atoms with Crippen LogP contribution in [-0.2, 0) is 6.42 Å². The molecule has 1 nitrogen and oxygen atoms in total. The van der Waals surface area contributed by atoms with Crippen LogP contribution in [0.5, 0.6) is 0 Å². The number of hydrogen-bond donors (Lipinski definition) is 1. The van der Waals surface area contributed by atoms with Crippen molar-refractivity contribution in [2.75, 3.05) is 0 Å². The molecule has 1 unspecified atom stereocenters. The van der Waals surface area contributed by atoms with E-state index < -0.39 is 0 Å². The van der Waals surface area contributed by atoms with Gasteiger partial charge in [-0.1, -0.05) is 31.2 Å². The maximum atomic E-state index is 9.84. The van der Waals surface area contributed by atoms with Crippen LogP contribution in [0.1, 0.15) is 43.9 Å². The molecule has 0 aliphatic carbocycles. The van der Waals surface area contributed by atoms with Gasteiger partial charge in [-0.05, 0) is 30.9 Å². The van der Waals surface area contributed by atoms with E-state index in [1.54, 1.807) is 0 Å². The highest BCUT2D eigenvalue weighted by Gasteiger charge is 2.05. The average Bonchev–Trinajstić information content (AvgIpc) is 2.29. The maximum Gasteiger partial charge on any atom is 0.0799 e. The van der Waals surface area contributed by atoms with Crippen LogP contribution in [-0.4, -0.2) is 5.11 Å². The van der Waals surface area contributed by atoms with E-state index in [0.29, 0.717) is 6.42 Å². The van der Waals surface area contributed by atoms with Crippen molar-refractivity contribution in [3.63, 3.8) is 0 Å². The molecule has 0 aliphatic rings. The van der Waals surface area contributed by atoms with E-state index in [1.807, 2.05) is 19.1 Å². The topological polar surface area (TPSA) is 20.2 Å². The predicted molar refractivity (Wildman–Crippen MR) is 63.5 cm³/mol. The Labute approximate surface area is 92.1 Å².